The normalized spacial score (nSPS) is 11.4. The number of sulfone groups is 1. The highest BCUT2D eigenvalue weighted by molar-refractivity contribution is 9.10. The quantitative estimate of drug-likeness (QED) is 0.908. The van der Waals surface area contributed by atoms with E-state index in [4.69, 9.17) is 5.11 Å². The number of rotatable bonds is 4. The number of hydrogen-bond donors (Lipinski definition) is 1. The zero-order chi connectivity index (χ0) is 14.0. The molecule has 4 nitrogen and oxygen atoms in total. The molecule has 2 aromatic rings. The highest BCUT2D eigenvalue weighted by Gasteiger charge is 2.19. The van der Waals surface area contributed by atoms with Crippen molar-refractivity contribution in [1.82, 2.24) is 0 Å². The highest BCUT2D eigenvalue weighted by Crippen LogP contribution is 2.24. The first-order valence-electron chi connectivity index (χ1n) is 5.17. The molecule has 0 unspecified atom stereocenters. The van der Waals surface area contributed by atoms with Crippen molar-refractivity contribution >= 4 is 43.1 Å². The monoisotopic (exact) mass is 360 g/mol. The van der Waals surface area contributed by atoms with Gasteiger partial charge in [-0.05, 0) is 56.5 Å². The standard InChI is InChI=1S/C12H9BrO4S2/c13-11-2-1-9(5-10(11)12(14)15)19(16,17)7-8-3-4-18-6-8/h1-6H,7H2,(H,14,15). The van der Waals surface area contributed by atoms with Crippen LogP contribution in [0.4, 0.5) is 0 Å². The lowest BCUT2D eigenvalue weighted by molar-refractivity contribution is 0.0695. The Bertz CT molecular complexity index is 705. The minimum Gasteiger partial charge on any atom is -0.478 e. The van der Waals surface area contributed by atoms with Gasteiger partial charge in [0.15, 0.2) is 9.84 Å². The van der Waals surface area contributed by atoms with E-state index >= 15 is 0 Å². The summed E-state index contributed by atoms with van der Waals surface area (Å²) in [5.41, 5.74) is 0.635. The minimum absolute atomic E-state index is 0.0132. The Labute approximate surface area is 122 Å². The van der Waals surface area contributed by atoms with E-state index in [9.17, 15) is 13.2 Å². The average Bonchev–Trinajstić information content (AvgIpc) is 2.80. The second-order valence-electron chi connectivity index (χ2n) is 3.84. The molecule has 0 saturated heterocycles. The molecule has 0 saturated carbocycles. The summed E-state index contributed by atoms with van der Waals surface area (Å²) < 4.78 is 24.7. The van der Waals surface area contributed by atoms with E-state index in [1.54, 1.807) is 16.8 Å². The van der Waals surface area contributed by atoms with E-state index in [2.05, 4.69) is 15.9 Å². The number of carboxylic acid groups (broad SMARTS) is 1. The zero-order valence-electron chi connectivity index (χ0n) is 9.54. The molecular weight excluding hydrogens is 352 g/mol. The number of carbonyl (C=O) groups is 1. The lowest BCUT2D eigenvalue weighted by Crippen LogP contribution is -2.07. The molecule has 0 amide bonds. The maximum Gasteiger partial charge on any atom is 0.336 e. The van der Waals surface area contributed by atoms with Gasteiger partial charge in [-0.1, -0.05) is 0 Å². The average molecular weight is 361 g/mol. The van der Waals surface area contributed by atoms with Gasteiger partial charge in [-0.15, -0.1) is 0 Å². The van der Waals surface area contributed by atoms with Crippen LogP contribution in [0.15, 0.2) is 44.4 Å². The van der Waals surface area contributed by atoms with Crippen LogP contribution in [0.1, 0.15) is 15.9 Å². The number of halogens is 1. The SMILES string of the molecule is O=C(O)c1cc(S(=O)(=O)Cc2ccsc2)ccc1Br. The van der Waals surface area contributed by atoms with Crippen LogP contribution in [0, 0.1) is 0 Å². The Balaban J connectivity index is 2.41. The van der Waals surface area contributed by atoms with Crippen LogP contribution < -0.4 is 0 Å². The summed E-state index contributed by atoms with van der Waals surface area (Å²) in [6, 6.07) is 5.75. The number of carboxylic acids is 1. The minimum atomic E-state index is -3.53. The van der Waals surface area contributed by atoms with Gasteiger partial charge in [-0.25, -0.2) is 13.2 Å². The molecule has 0 bridgehead atoms. The van der Waals surface area contributed by atoms with Crippen LogP contribution in [0.2, 0.25) is 0 Å². The van der Waals surface area contributed by atoms with Crippen LogP contribution in [0.25, 0.3) is 0 Å². The lowest BCUT2D eigenvalue weighted by atomic mass is 10.2. The summed E-state index contributed by atoms with van der Waals surface area (Å²) in [7, 11) is -3.53. The highest BCUT2D eigenvalue weighted by atomic mass is 79.9. The van der Waals surface area contributed by atoms with Crippen LogP contribution in [-0.4, -0.2) is 19.5 Å². The number of hydrogen-bond acceptors (Lipinski definition) is 4. The first-order chi connectivity index (χ1) is 8.90. The fourth-order valence-electron chi connectivity index (χ4n) is 1.54. The van der Waals surface area contributed by atoms with Gasteiger partial charge < -0.3 is 5.11 Å². The van der Waals surface area contributed by atoms with Crippen molar-refractivity contribution in [3.05, 3.63) is 50.6 Å². The first kappa shape index (κ1) is 14.2. The molecule has 19 heavy (non-hydrogen) atoms. The smallest absolute Gasteiger partial charge is 0.336 e. The molecule has 0 aliphatic carbocycles. The fraction of sp³-hybridized carbons (Fsp3) is 0.0833. The molecule has 1 heterocycles. The Morgan fingerprint density at radius 2 is 2.05 bits per heavy atom. The van der Waals surface area contributed by atoms with Crippen LogP contribution in [0.5, 0.6) is 0 Å². The molecule has 0 aliphatic rings. The van der Waals surface area contributed by atoms with Crippen molar-refractivity contribution in [1.29, 1.82) is 0 Å². The molecule has 100 valence electrons. The van der Waals surface area contributed by atoms with Crippen molar-refractivity contribution in [3.63, 3.8) is 0 Å². The van der Waals surface area contributed by atoms with Gasteiger partial charge in [-0.3, -0.25) is 0 Å². The second kappa shape index (κ2) is 5.44. The molecule has 0 atom stereocenters. The first-order valence-corrected chi connectivity index (χ1v) is 8.55. The molecule has 2 rings (SSSR count). The van der Waals surface area contributed by atoms with E-state index in [-0.39, 0.29) is 16.2 Å². The zero-order valence-corrected chi connectivity index (χ0v) is 12.8. The molecular formula is C12H9BrO4S2. The summed E-state index contributed by atoms with van der Waals surface area (Å²) in [6.45, 7) is 0. The summed E-state index contributed by atoms with van der Waals surface area (Å²) >= 11 is 4.50. The van der Waals surface area contributed by atoms with E-state index in [1.165, 1.54) is 29.5 Å². The van der Waals surface area contributed by atoms with Gasteiger partial charge in [0, 0.05) is 4.47 Å². The van der Waals surface area contributed by atoms with Crippen LogP contribution in [0.3, 0.4) is 0 Å². The van der Waals surface area contributed by atoms with Crippen molar-refractivity contribution in [2.45, 2.75) is 10.6 Å². The van der Waals surface area contributed by atoms with E-state index in [0.717, 1.165) is 0 Å². The molecule has 7 heteroatoms. The summed E-state index contributed by atoms with van der Waals surface area (Å²) in [4.78, 5) is 11.0. The number of aromatic carboxylic acids is 1. The predicted octanol–water partition coefficient (Wildman–Crippen LogP) is 3.18. The Morgan fingerprint density at radius 3 is 2.63 bits per heavy atom. The third-order valence-corrected chi connectivity index (χ3v) is 5.57. The fourth-order valence-corrected chi connectivity index (χ4v) is 4.09. The van der Waals surface area contributed by atoms with Gasteiger partial charge >= 0.3 is 5.97 Å². The molecule has 1 N–H and O–H groups in total. The summed E-state index contributed by atoms with van der Waals surface area (Å²) in [5.74, 6) is -1.29. The lowest BCUT2D eigenvalue weighted by Gasteiger charge is -2.06. The van der Waals surface area contributed by atoms with Gasteiger partial charge in [-0.2, -0.15) is 11.3 Å². The van der Waals surface area contributed by atoms with Crippen molar-refractivity contribution in [2.24, 2.45) is 0 Å². The van der Waals surface area contributed by atoms with Crippen molar-refractivity contribution in [3.8, 4) is 0 Å². The van der Waals surface area contributed by atoms with Crippen LogP contribution in [-0.2, 0) is 15.6 Å². The molecule has 0 fully saturated rings. The number of benzene rings is 1. The molecule has 0 radical (unpaired) electrons. The third-order valence-electron chi connectivity index (χ3n) is 2.46. The Morgan fingerprint density at radius 1 is 1.32 bits per heavy atom. The summed E-state index contributed by atoms with van der Waals surface area (Å²) in [6.07, 6.45) is 0. The van der Waals surface area contributed by atoms with E-state index < -0.39 is 15.8 Å². The van der Waals surface area contributed by atoms with Gasteiger partial charge in [0.25, 0.3) is 0 Å². The molecule has 0 spiro atoms. The Hall–Kier alpha value is -1.18. The predicted molar refractivity (Wildman–Crippen MR) is 76.3 cm³/mol. The maximum atomic E-state index is 12.2. The second-order valence-corrected chi connectivity index (χ2v) is 7.46. The van der Waals surface area contributed by atoms with Gasteiger partial charge in [0.05, 0.1) is 16.2 Å². The Kier molecular flexibility index (Phi) is 4.07. The van der Waals surface area contributed by atoms with E-state index in [1.807, 2.05) is 0 Å². The number of thiophene rings is 1. The van der Waals surface area contributed by atoms with Crippen molar-refractivity contribution in [2.75, 3.05) is 0 Å². The van der Waals surface area contributed by atoms with Gasteiger partial charge in [0.2, 0.25) is 0 Å². The van der Waals surface area contributed by atoms with Gasteiger partial charge in [0.1, 0.15) is 0 Å². The van der Waals surface area contributed by atoms with Crippen molar-refractivity contribution < 1.29 is 18.3 Å². The maximum absolute atomic E-state index is 12.2. The summed E-state index contributed by atoms with van der Waals surface area (Å²) in [5, 5.41) is 12.5. The molecule has 0 aliphatic heterocycles. The van der Waals surface area contributed by atoms with E-state index in [0.29, 0.717) is 10.0 Å². The molecule has 1 aromatic heterocycles. The molecule has 1 aromatic carbocycles. The van der Waals surface area contributed by atoms with Crippen LogP contribution >= 0.6 is 27.3 Å². The largest absolute Gasteiger partial charge is 0.478 e. The topological polar surface area (TPSA) is 71.4 Å². The third kappa shape index (κ3) is 3.23.